The molecule has 7 rings (SSSR count). The van der Waals surface area contributed by atoms with Gasteiger partial charge in [0, 0.05) is 38.9 Å². The summed E-state index contributed by atoms with van der Waals surface area (Å²) >= 11 is 0. The topological polar surface area (TPSA) is 64.5 Å². The van der Waals surface area contributed by atoms with Crippen LogP contribution in [-0.2, 0) is 0 Å². The molecule has 5 heteroatoms. The molecule has 3 aromatic heterocycles. The van der Waals surface area contributed by atoms with Crippen molar-refractivity contribution < 1.29 is 0 Å². The van der Waals surface area contributed by atoms with E-state index in [2.05, 4.69) is 73.7 Å². The molecular weight excluding hydrogens is 623 g/mol. The lowest BCUT2D eigenvalue weighted by Gasteiger charge is -2.13. The highest BCUT2D eigenvalue weighted by Crippen LogP contribution is 2.34. The Morgan fingerprint density at radius 3 is 1.59 bits per heavy atom. The average Bonchev–Trinajstić information content (AvgIpc) is 3.21. The Morgan fingerprint density at radius 1 is 0.471 bits per heavy atom. The standard InChI is InChI=1S/C42H33N5.2C2H6/c1-4-14-29(5-2)33-23-28(3)43-39(27-33)35-24-34(38-22-21-30-15-12-13-20-37(30)44-38)25-36(26-35)42-46-40(31-16-8-6-9-17-31)45-41(47-42)32-18-10-7-11-19-32;2*1-2/h4-27H,1-3H3;2*1-2H3/b14-4-,29-5+;;. The minimum atomic E-state index is 0.581. The van der Waals surface area contributed by atoms with Crippen LogP contribution in [0.25, 0.3) is 73.2 Å². The van der Waals surface area contributed by atoms with E-state index in [0.717, 1.165) is 66.9 Å². The maximum absolute atomic E-state index is 5.05. The van der Waals surface area contributed by atoms with Crippen LogP contribution in [0.5, 0.6) is 0 Å². The highest BCUT2D eigenvalue weighted by molar-refractivity contribution is 5.85. The molecular formula is C46H45N5. The van der Waals surface area contributed by atoms with Crippen molar-refractivity contribution in [2.75, 3.05) is 0 Å². The van der Waals surface area contributed by atoms with Crippen LogP contribution in [0.2, 0.25) is 0 Å². The molecule has 7 aromatic rings. The predicted molar refractivity (Wildman–Crippen MR) is 216 cm³/mol. The smallest absolute Gasteiger partial charge is 0.164 e. The summed E-state index contributed by atoms with van der Waals surface area (Å²) in [5.41, 5.74) is 10.5. The molecule has 0 N–H and O–H groups in total. The zero-order valence-corrected chi connectivity index (χ0v) is 30.6. The van der Waals surface area contributed by atoms with Gasteiger partial charge in [-0.05, 0) is 74.4 Å². The van der Waals surface area contributed by atoms with E-state index in [1.807, 2.05) is 120 Å². The monoisotopic (exact) mass is 667 g/mol. The number of aryl methyl sites for hydroxylation is 1. The number of rotatable bonds is 7. The maximum Gasteiger partial charge on any atom is 0.164 e. The summed E-state index contributed by atoms with van der Waals surface area (Å²) in [6.07, 6.45) is 6.31. The van der Waals surface area contributed by atoms with Crippen molar-refractivity contribution in [3.8, 4) is 56.7 Å². The van der Waals surface area contributed by atoms with Gasteiger partial charge in [0.2, 0.25) is 0 Å². The van der Waals surface area contributed by atoms with Crippen LogP contribution >= 0.6 is 0 Å². The number of hydrogen-bond acceptors (Lipinski definition) is 5. The van der Waals surface area contributed by atoms with Gasteiger partial charge in [-0.3, -0.25) is 4.98 Å². The molecule has 0 radical (unpaired) electrons. The number of pyridine rings is 2. The van der Waals surface area contributed by atoms with E-state index >= 15 is 0 Å². The molecule has 0 saturated heterocycles. The van der Waals surface area contributed by atoms with Crippen molar-refractivity contribution >= 4 is 16.5 Å². The molecule has 0 saturated carbocycles. The largest absolute Gasteiger partial charge is 0.253 e. The van der Waals surface area contributed by atoms with Gasteiger partial charge in [-0.2, -0.15) is 0 Å². The Bertz CT molecular complexity index is 2210. The number of hydrogen-bond donors (Lipinski definition) is 0. The van der Waals surface area contributed by atoms with E-state index in [1.54, 1.807) is 0 Å². The Labute approximate surface area is 302 Å². The molecule has 0 fully saturated rings. The molecule has 3 heterocycles. The molecule has 254 valence electrons. The quantitative estimate of drug-likeness (QED) is 0.158. The minimum absolute atomic E-state index is 0.581. The third kappa shape index (κ3) is 8.57. The maximum atomic E-state index is 5.05. The summed E-state index contributed by atoms with van der Waals surface area (Å²) in [5.74, 6) is 1.81. The lowest BCUT2D eigenvalue weighted by Crippen LogP contribution is -2.01. The van der Waals surface area contributed by atoms with Gasteiger partial charge in [-0.15, -0.1) is 0 Å². The third-order valence-corrected chi connectivity index (χ3v) is 8.02. The van der Waals surface area contributed by atoms with Gasteiger partial charge in [-0.1, -0.05) is 131 Å². The number of benzene rings is 4. The minimum Gasteiger partial charge on any atom is -0.253 e. The van der Waals surface area contributed by atoms with E-state index in [1.165, 1.54) is 0 Å². The fourth-order valence-corrected chi connectivity index (χ4v) is 5.74. The number of aromatic nitrogens is 5. The second kappa shape index (κ2) is 17.5. The summed E-state index contributed by atoms with van der Waals surface area (Å²) < 4.78 is 0. The van der Waals surface area contributed by atoms with Crippen LogP contribution in [0, 0.1) is 6.92 Å². The summed E-state index contributed by atoms with van der Waals surface area (Å²) in [5, 5.41) is 1.10. The van der Waals surface area contributed by atoms with Gasteiger partial charge in [-0.25, -0.2) is 19.9 Å². The fourth-order valence-electron chi connectivity index (χ4n) is 5.74. The van der Waals surface area contributed by atoms with Gasteiger partial charge in [0.05, 0.1) is 16.9 Å². The third-order valence-electron chi connectivity index (χ3n) is 8.02. The Kier molecular flexibility index (Phi) is 12.5. The molecule has 5 nitrogen and oxygen atoms in total. The number of para-hydroxylation sites is 1. The summed E-state index contributed by atoms with van der Waals surface area (Å²) in [6.45, 7) is 14.1. The van der Waals surface area contributed by atoms with E-state index < -0.39 is 0 Å². The van der Waals surface area contributed by atoms with Gasteiger partial charge < -0.3 is 0 Å². The summed E-state index contributed by atoms with van der Waals surface area (Å²) in [4.78, 5) is 25.0. The Hall–Kier alpha value is -6.07. The first-order valence-electron chi connectivity index (χ1n) is 17.7. The van der Waals surface area contributed by atoms with Gasteiger partial charge >= 0.3 is 0 Å². The van der Waals surface area contributed by atoms with Crippen molar-refractivity contribution in [3.05, 3.63) is 157 Å². The summed E-state index contributed by atoms with van der Waals surface area (Å²) in [7, 11) is 0. The fraction of sp³-hybridized carbons (Fsp3) is 0.152. The van der Waals surface area contributed by atoms with Gasteiger partial charge in [0.25, 0.3) is 0 Å². The molecule has 0 aliphatic heterocycles. The predicted octanol–water partition coefficient (Wildman–Crippen LogP) is 12.5. The molecule has 0 atom stereocenters. The van der Waals surface area contributed by atoms with Gasteiger partial charge in [0.15, 0.2) is 17.5 Å². The number of fused-ring (bicyclic) bond motifs is 1. The first-order valence-corrected chi connectivity index (χ1v) is 17.7. The van der Waals surface area contributed by atoms with Crippen molar-refractivity contribution in [2.45, 2.75) is 48.5 Å². The zero-order valence-electron chi connectivity index (χ0n) is 30.6. The second-order valence-corrected chi connectivity index (χ2v) is 11.4. The lowest BCUT2D eigenvalue weighted by atomic mass is 9.97. The van der Waals surface area contributed by atoms with Crippen LogP contribution in [0.4, 0.5) is 0 Å². The molecule has 0 unspecified atom stereocenters. The second-order valence-electron chi connectivity index (χ2n) is 11.4. The van der Waals surface area contributed by atoms with Crippen molar-refractivity contribution in [3.63, 3.8) is 0 Å². The van der Waals surface area contributed by atoms with Crippen LogP contribution in [0.3, 0.4) is 0 Å². The zero-order chi connectivity index (χ0) is 36.2. The van der Waals surface area contributed by atoms with Crippen molar-refractivity contribution in [1.29, 1.82) is 0 Å². The normalized spacial score (nSPS) is 11.1. The molecule has 0 aliphatic rings. The first kappa shape index (κ1) is 36.2. The van der Waals surface area contributed by atoms with Crippen LogP contribution in [0.1, 0.15) is 52.8 Å². The molecule has 4 aromatic carbocycles. The van der Waals surface area contributed by atoms with E-state index in [0.29, 0.717) is 17.5 Å². The van der Waals surface area contributed by atoms with E-state index in [-0.39, 0.29) is 0 Å². The SMILES string of the molecule is C/C=C\C(=C/C)c1cc(C)nc(-c2cc(-c3ccc4ccccc4n3)cc(-c3nc(-c4ccccc4)nc(-c4ccccc4)n3)c2)c1.CC.CC. The highest BCUT2D eigenvalue weighted by atomic mass is 15.0. The Morgan fingerprint density at radius 2 is 1.00 bits per heavy atom. The number of nitrogens with zero attached hydrogens (tertiary/aromatic N) is 5. The van der Waals surface area contributed by atoms with Crippen LogP contribution in [0.15, 0.2) is 146 Å². The summed E-state index contributed by atoms with van der Waals surface area (Å²) in [6, 6.07) is 43.1. The van der Waals surface area contributed by atoms with Gasteiger partial charge in [0.1, 0.15) is 0 Å². The molecule has 0 amide bonds. The van der Waals surface area contributed by atoms with Crippen molar-refractivity contribution in [2.24, 2.45) is 0 Å². The average molecular weight is 668 g/mol. The lowest BCUT2D eigenvalue weighted by molar-refractivity contribution is 1.07. The Balaban J connectivity index is 0.00000122. The first-order chi connectivity index (χ1) is 25.1. The van der Waals surface area contributed by atoms with E-state index in [4.69, 9.17) is 24.9 Å². The molecule has 0 bridgehead atoms. The molecule has 0 spiro atoms. The molecule has 51 heavy (non-hydrogen) atoms. The van der Waals surface area contributed by atoms with Crippen LogP contribution in [-0.4, -0.2) is 24.9 Å². The van der Waals surface area contributed by atoms with E-state index in [9.17, 15) is 0 Å². The van der Waals surface area contributed by atoms with Crippen molar-refractivity contribution in [1.82, 2.24) is 24.9 Å². The highest BCUT2D eigenvalue weighted by Gasteiger charge is 2.16. The number of allylic oxidation sites excluding steroid dienone is 4. The van der Waals surface area contributed by atoms with Crippen LogP contribution < -0.4 is 0 Å². The molecule has 0 aliphatic carbocycles.